The summed E-state index contributed by atoms with van der Waals surface area (Å²) in [5.74, 6) is 0. The number of hydrogen-bond donors (Lipinski definition) is 0. The molecule has 5 heterocycles. The lowest BCUT2D eigenvalue weighted by atomic mass is 9.98. The van der Waals surface area contributed by atoms with E-state index in [1.165, 1.54) is 5.56 Å². The number of furan rings is 2. The molecular formula is C40H25N3O2. The second-order valence-corrected chi connectivity index (χ2v) is 11.4. The minimum Gasteiger partial charge on any atom is -0.454 e. The molecule has 0 N–H and O–H groups in total. The second kappa shape index (κ2) is 10.00. The van der Waals surface area contributed by atoms with Crippen molar-refractivity contribution in [3.8, 4) is 44.6 Å². The lowest BCUT2D eigenvalue weighted by Gasteiger charge is -2.07. The van der Waals surface area contributed by atoms with Crippen LogP contribution in [0.1, 0.15) is 5.56 Å². The zero-order valence-corrected chi connectivity index (χ0v) is 24.4. The van der Waals surface area contributed by atoms with Crippen molar-refractivity contribution in [2.45, 2.75) is 6.92 Å². The fourth-order valence-corrected chi connectivity index (χ4v) is 6.31. The fourth-order valence-electron chi connectivity index (χ4n) is 6.31. The smallest absolute Gasteiger partial charge is 0.161 e. The van der Waals surface area contributed by atoms with Gasteiger partial charge in [0.2, 0.25) is 0 Å². The Morgan fingerprint density at radius 2 is 1.04 bits per heavy atom. The Morgan fingerprint density at radius 1 is 0.444 bits per heavy atom. The molecule has 0 aliphatic rings. The first-order valence-corrected chi connectivity index (χ1v) is 14.9. The molecule has 5 heteroatoms. The van der Waals surface area contributed by atoms with E-state index in [2.05, 4.69) is 89.7 Å². The number of aryl methyl sites for hydroxylation is 1. The van der Waals surface area contributed by atoms with Gasteiger partial charge in [-0.2, -0.15) is 0 Å². The number of benzene rings is 4. The average Bonchev–Trinajstić information content (AvgIpc) is 3.66. The highest BCUT2D eigenvalue weighted by molar-refractivity contribution is 6.09. The highest BCUT2D eigenvalue weighted by Crippen LogP contribution is 2.39. The Labute approximate surface area is 258 Å². The lowest BCUT2D eigenvalue weighted by Crippen LogP contribution is -1.85. The molecule has 0 fully saturated rings. The Kier molecular flexibility index (Phi) is 5.65. The van der Waals surface area contributed by atoms with Crippen LogP contribution in [-0.2, 0) is 0 Å². The van der Waals surface area contributed by atoms with Crippen molar-refractivity contribution in [1.29, 1.82) is 0 Å². The van der Waals surface area contributed by atoms with E-state index in [-0.39, 0.29) is 0 Å². The van der Waals surface area contributed by atoms with Crippen LogP contribution in [0.25, 0.3) is 88.8 Å². The van der Waals surface area contributed by atoms with Gasteiger partial charge in [0.05, 0.1) is 5.69 Å². The molecule has 45 heavy (non-hydrogen) atoms. The van der Waals surface area contributed by atoms with E-state index in [0.29, 0.717) is 0 Å². The zero-order chi connectivity index (χ0) is 29.9. The molecule has 212 valence electrons. The lowest BCUT2D eigenvalue weighted by molar-refractivity contribution is 0.669. The predicted octanol–water partition coefficient (Wildman–Crippen LogP) is 10.6. The summed E-state index contributed by atoms with van der Waals surface area (Å²) in [5.41, 5.74) is 14.4. The van der Waals surface area contributed by atoms with Crippen molar-refractivity contribution in [3.05, 3.63) is 139 Å². The number of rotatable bonds is 4. The van der Waals surface area contributed by atoms with Crippen LogP contribution in [0, 0.1) is 6.92 Å². The molecule has 0 amide bonds. The second-order valence-electron chi connectivity index (χ2n) is 11.4. The van der Waals surface area contributed by atoms with Gasteiger partial charge >= 0.3 is 0 Å². The molecule has 5 nitrogen and oxygen atoms in total. The Hall–Kier alpha value is -6.07. The van der Waals surface area contributed by atoms with E-state index in [9.17, 15) is 0 Å². The van der Waals surface area contributed by atoms with Crippen molar-refractivity contribution >= 4 is 44.1 Å². The molecule has 9 rings (SSSR count). The number of nitrogens with zero attached hydrogens (tertiary/aromatic N) is 3. The number of hydrogen-bond acceptors (Lipinski definition) is 5. The zero-order valence-electron chi connectivity index (χ0n) is 24.4. The molecule has 0 unspecified atom stereocenters. The molecule has 4 aromatic carbocycles. The van der Waals surface area contributed by atoms with E-state index in [1.807, 2.05) is 61.1 Å². The van der Waals surface area contributed by atoms with E-state index in [4.69, 9.17) is 13.8 Å². The molecule has 0 aliphatic heterocycles. The third-order valence-electron chi connectivity index (χ3n) is 8.50. The molecule has 0 bridgehead atoms. The van der Waals surface area contributed by atoms with Gasteiger partial charge < -0.3 is 8.83 Å². The maximum Gasteiger partial charge on any atom is 0.161 e. The van der Waals surface area contributed by atoms with Gasteiger partial charge in [-0.15, -0.1) is 0 Å². The quantitative estimate of drug-likeness (QED) is 0.207. The Bertz CT molecular complexity index is 2560. The van der Waals surface area contributed by atoms with Crippen molar-refractivity contribution in [1.82, 2.24) is 15.0 Å². The van der Waals surface area contributed by atoms with E-state index >= 15 is 0 Å². The monoisotopic (exact) mass is 579 g/mol. The first-order chi connectivity index (χ1) is 22.2. The van der Waals surface area contributed by atoms with Crippen LogP contribution in [0.15, 0.2) is 143 Å². The molecule has 5 aromatic heterocycles. The van der Waals surface area contributed by atoms with Crippen LogP contribution in [0.3, 0.4) is 0 Å². The predicted molar refractivity (Wildman–Crippen MR) is 181 cm³/mol. The van der Waals surface area contributed by atoms with Crippen molar-refractivity contribution < 1.29 is 8.83 Å². The van der Waals surface area contributed by atoms with Gasteiger partial charge in [0, 0.05) is 46.1 Å². The van der Waals surface area contributed by atoms with E-state index in [1.54, 1.807) is 0 Å². The van der Waals surface area contributed by atoms with Gasteiger partial charge in [-0.25, -0.2) is 0 Å². The van der Waals surface area contributed by atoms with Gasteiger partial charge in [-0.05, 0) is 89.8 Å². The molecule has 0 spiro atoms. The highest BCUT2D eigenvalue weighted by Gasteiger charge is 2.17. The summed E-state index contributed by atoms with van der Waals surface area (Å²) in [7, 11) is 0. The van der Waals surface area contributed by atoms with Gasteiger partial charge in [0.1, 0.15) is 22.2 Å². The molecule has 0 saturated heterocycles. The minimum atomic E-state index is 0.767. The highest BCUT2D eigenvalue weighted by atomic mass is 16.3. The maximum atomic E-state index is 6.49. The summed E-state index contributed by atoms with van der Waals surface area (Å²) in [6, 6.07) is 39.5. The van der Waals surface area contributed by atoms with Gasteiger partial charge in [0.15, 0.2) is 11.2 Å². The minimum absolute atomic E-state index is 0.767. The van der Waals surface area contributed by atoms with Crippen LogP contribution in [0.2, 0.25) is 0 Å². The first-order valence-electron chi connectivity index (χ1n) is 14.9. The first kappa shape index (κ1) is 25.4. The number of pyridine rings is 3. The summed E-state index contributed by atoms with van der Waals surface area (Å²) in [5, 5.41) is 2.01. The summed E-state index contributed by atoms with van der Waals surface area (Å²) in [6.45, 7) is 2.08. The molecular weight excluding hydrogens is 554 g/mol. The van der Waals surface area contributed by atoms with Crippen molar-refractivity contribution in [2.75, 3.05) is 0 Å². The third kappa shape index (κ3) is 4.20. The summed E-state index contributed by atoms with van der Waals surface area (Å²) in [6.07, 6.45) is 5.54. The van der Waals surface area contributed by atoms with E-state index < -0.39 is 0 Å². The Balaban J connectivity index is 1.15. The molecule has 9 aromatic rings. The Morgan fingerprint density at radius 3 is 1.73 bits per heavy atom. The maximum absolute atomic E-state index is 6.49. The standard InChI is InChI=1S/C40H25N3O2/c1-24-11-13-35-32(20-24)37-39(44-35)30(15-18-42-37)27-7-5-8-28(22-27)31-16-19-43-38-33-23-26(12-14-36(33)45-40(31)38)25-6-4-9-29(21-25)34-10-2-3-17-41-34/h2-23H,1H3. The summed E-state index contributed by atoms with van der Waals surface area (Å²) >= 11 is 0. The van der Waals surface area contributed by atoms with Crippen molar-refractivity contribution in [2.24, 2.45) is 0 Å². The number of aromatic nitrogens is 3. The normalized spacial score (nSPS) is 11.7. The van der Waals surface area contributed by atoms with Crippen LogP contribution in [-0.4, -0.2) is 15.0 Å². The van der Waals surface area contributed by atoms with Gasteiger partial charge in [-0.1, -0.05) is 60.2 Å². The number of fused-ring (bicyclic) bond motifs is 6. The van der Waals surface area contributed by atoms with Crippen LogP contribution in [0.4, 0.5) is 0 Å². The summed E-state index contributed by atoms with van der Waals surface area (Å²) < 4.78 is 12.8. The largest absolute Gasteiger partial charge is 0.454 e. The molecule has 0 atom stereocenters. The molecule has 0 saturated carbocycles. The SMILES string of the molecule is Cc1ccc2oc3c(-c4cccc(-c5ccnc6c5oc5ccc(-c7cccc(-c8ccccn8)c7)cc56)c4)ccnc3c2c1. The van der Waals surface area contributed by atoms with Crippen LogP contribution >= 0.6 is 0 Å². The third-order valence-corrected chi connectivity index (χ3v) is 8.50. The average molecular weight is 580 g/mol. The topological polar surface area (TPSA) is 65.0 Å². The van der Waals surface area contributed by atoms with Crippen LogP contribution in [0.5, 0.6) is 0 Å². The molecule has 0 radical (unpaired) electrons. The van der Waals surface area contributed by atoms with Crippen LogP contribution < -0.4 is 0 Å². The molecule has 0 aliphatic carbocycles. The van der Waals surface area contributed by atoms with E-state index in [0.717, 1.165) is 88.8 Å². The van der Waals surface area contributed by atoms with Gasteiger partial charge in [-0.3, -0.25) is 15.0 Å². The van der Waals surface area contributed by atoms with Gasteiger partial charge in [0.25, 0.3) is 0 Å². The summed E-state index contributed by atoms with van der Waals surface area (Å²) in [4.78, 5) is 14.0. The fraction of sp³-hybridized carbons (Fsp3) is 0.0250. The van der Waals surface area contributed by atoms with Crippen molar-refractivity contribution in [3.63, 3.8) is 0 Å².